The largest absolute Gasteiger partial charge is 0.454 e. The zero-order valence-electron chi connectivity index (χ0n) is 10.1. The molecular formula is C14H9NO3S. The zero-order valence-corrected chi connectivity index (χ0v) is 10.9. The number of ketones is 1. The minimum atomic E-state index is -0.0406. The molecule has 0 fully saturated rings. The molecule has 0 aliphatic carbocycles. The van der Waals surface area contributed by atoms with E-state index in [4.69, 9.17) is 9.47 Å². The van der Waals surface area contributed by atoms with Crippen molar-refractivity contribution in [2.75, 3.05) is 6.79 Å². The topological polar surface area (TPSA) is 48.4 Å². The van der Waals surface area contributed by atoms with Gasteiger partial charge in [-0.25, -0.2) is 4.98 Å². The predicted octanol–water partition coefficient (Wildman–Crippen LogP) is 2.47. The first-order valence-corrected chi connectivity index (χ1v) is 6.48. The Hall–Kier alpha value is -2.32. The third-order valence-corrected chi connectivity index (χ3v) is 3.46. The van der Waals surface area contributed by atoms with Crippen molar-refractivity contribution in [2.45, 2.75) is 6.92 Å². The number of hydrogen-bond acceptors (Lipinski definition) is 5. The molecule has 1 aromatic heterocycles. The molecule has 19 heavy (non-hydrogen) atoms. The second-order valence-corrected chi connectivity index (χ2v) is 4.77. The first-order valence-electron chi connectivity index (χ1n) is 5.60. The molecule has 1 aliphatic rings. The first kappa shape index (κ1) is 11.8. The van der Waals surface area contributed by atoms with Crippen LogP contribution in [0.2, 0.25) is 0 Å². The van der Waals surface area contributed by atoms with E-state index in [0.717, 1.165) is 11.3 Å². The quantitative estimate of drug-likeness (QED) is 0.590. The van der Waals surface area contributed by atoms with Gasteiger partial charge in [-0.2, -0.15) is 0 Å². The van der Waals surface area contributed by atoms with Gasteiger partial charge in [0.25, 0.3) is 0 Å². The lowest BCUT2D eigenvalue weighted by Crippen LogP contribution is -1.92. The van der Waals surface area contributed by atoms with Gasteiger partial charge in [0, 0.05) is 17.9 Å². The number of carbonyl (C=O) groups is 1. The standard InChI is InChI=1S/C14H9NO3S/c1-9(16)14-15-11(7-19-14)4-2-10-3-5-12-13(6-10)18-8-17-12/h3,5-7H,8H2,1H3. The highest BCUT2D eigenvalue weighted by Crippen LogP contribution is 2.32. The van der Waals surface area contributed by atoms with Crippen molar-refractivity contribution in [1.82, 2.24) is 4.98 Å². The fourth-order valence-corrected chi connectivity index (χ4v) is 2.26. The van der Waals surface area contributed by atoms with Crippen LogP contribution in [0, 0.1) is 11.8 Å². The molecule has 1 aromatic carbocycles. The van der Waals surface area contributed by atoms with Gasteiger partial charge in [0.1, 0.15) is 5.69 Å². The summed E-state index contributed by atoms with van der Waals surface area (Å²) in [6.07, 6.45) is 0. The molecule has 0 N–H and O–H groups in total. The minimum Gasteiger partial charge on any atom is -0.454 e. The fourth-order valence-electron chi connectivity index (χ4n) is 1.60. The van der Waals surface area contributed by atoms with Gasteiger partial charge in [0.2, 0.25) is 6.79 Å². The van der Waals surface area contributed by atoms with Crippen LogP contribution in [0.4, 0.5) is 0 Å². The number of fused-ring (bicyclic) bond motifs is 1. The molecule has 0 saturated heterocycles. The Morgan fingerprint density at radius 3 is 2.95 bits per heavy atom. The maximum absolute atomic E-state index is 11.1. The van der Waals surface area contributed by atoms with Crippen LogP contribution < -0.4 is 9.47 Å². The maximum Gasteiger partial charge on any atom is 0.231 e. The lowest BCUT2D eigenvalue weighted by molar-refractivity contribution is 0.101. The molecule has 0 radical (unpaired) electrons. The van der Waals surface area contributed by atoms with Crippen LogP contribution >= 0.6 is 11.3 Å². The lowest BCUT2D eigenvalue weighted by Gasteiger charge is -1.94. The third-order valence-electron chi connectivity index (χ3n) is 2.51. The number of thiazole rings is 1. The molecule has 0 spiro atoms. The number of carbonyl (C=O) groups excluding carboxylic acids is 1. The molecule has 0 saturated carbocycles. The van der Waals surface area contributed by atoms with Crippen molar-refractivity contribution in [1.29, 1.82) is 0 Å². The zero-order chi connectivity index (χ0) is 13.2. The van der Waals surface area contributed by atoms with Gasteiger partial charge < -0.3 is 9.47 Å². The van der Waals surface area contributed by atoms with E-state index < -0.39 is 0 Å². The number of nitrogens with zero attached hydrogens (tertiary/aromatic N) is 1. The number of ether oxygens (including phenoxy) is 2. The number of hydrogen-bond donors (Lipinski definition) is 0. The maximum atomic E-state index is 11.1. The van der Waals surface area contributed by atoms with Crippen LogP contribution in [0.1, 0.15) is 28.0 Å². The van der Waals surface area contributed by atoms with E-state index in [1.807, 2.05) is 18.2 Å². The summed E-state index contributed by atoms with van der Waals surface area (Å²) >= 11 is 1.31. The molecule has 4 nitrogen and oxygen atoms in total. The number of aromatic nitrogens is 1. The van der Waals surface area contributed by atoms with E-state index in [2.05, 4.69) is 16.8 Å². The van der Waals surface area contributed by atoms with Gasteiger partial charge in [-0.05, 0) is 24.1 Å². The molecule has 3 rings (SSSR count). The van der Waals surface area contributed by atoms with Crippen molar-refractivity contribution in [2.24, 2.45) is 0 Å². The average molecular weight is 271 g/mol. The number of rotatable bonds is 1. The highest BCUT2D eigenvalue weighted by Gasteiger charge is 2.12. The Bertz CT molecular complexity index is 709. The van der Waals surface area contributed by atoms with Crippen molar-refractivity contribution in [3.8, 4) is 23.3 Å². The molecule has 0 bridgehead atoms. The molecule has 5 heteroatoms. The van der Waals surface area contributed by atoms with Gasteiger partial charge in [-0.1, -0.05) is 5.92 Å². The average Bonchev–Trinajstić information content (AvgIpc) is 3.04. The molecule has 94 valence electrons. The van der Waals surface area contributed by atoms with Gasteiger partial charge in [-0.15, -0.1) is 11.3 Å². The van der Waals surface area contributed by atoms with E-state index in [9.17, 15) is 4.79 Å². The highest BCUT2D eigenvalue weighted by molar-refractivity contribution is 7.11. The van der Waals surface area contributed by atoms with Crippen molar-refractivity contribution < 1.29 is 14.3 Å². The molecular weight excluding hydrogens is 262 g/mol. The molecule has 2 heterocycles. The second kappa shape index (κ2) is 4.75. The summed E-state index contributed by atoms with van der Waals surface area (Å²) in [6.45, 7) is 1.74. The smallest absolute Gasteiger partial charge is 0.231 e. The summed E-state index contributed by atoms with van der Waals surface area (Å²) in [5.41, 5.74) is 1.43. The Kier molecular flexibility index (Phi) is 2.94. The first-order chi connectivity index (χ1) is 9.22. The summed E-state index contributed by atoms with van der Waals surface area (Å²) in [5, 5.41) is 2.26. The van der Waals surface area contributed by atoms with Gasteiger partial charge >= 0.3 is 0 Å². The van der Waals surface area contributed by atoms with Crippen molar-refractivity contribution in [3.63, 3.8) is 0 Å². The summed E-state index contributed by atoms with van der Waals surface area (Å²) in [4.78, 5) is 15.3. The van der Waals surface area contributed by atoms with Crippen molar-refractivity contribution in [3.05, 3.63) is 39.8 Å². The van der Waals surface area contributed by atoms with Crippen LogP contribution in [0.15, 0.2) is 23.6 Å². The van der Waals surface area contributed by atoms with E-state index in [0.29, 0.717) is 16.5 Å². The van der Waals surface area contributed by atoms with E-state index >= 15 is 0 Å². The Balaban J connectivity index is 1.85. The van der Waals surface area contributed by atoms with Crippen LogP contribution in [0.5, 0.6) is 11.5 Å². The molecule has 0 unspecified atom stereocenters. The lowest BCUT2D eigenvalue weighted by atomic mass is 10.2. The van der Waals surface area contributed by atoms with Gasteiger partial charge in [0.15, 0.2) is 22.3 Å². The fraction of sp³-hybridized carbons (Fsp3) is 0.143. The van der Waals surface area contributed by atoms with E-state index in [1.54, 1.807) is 5.38 Å². The van der Waals surface area contributed by atoms with Crippen LogP contribution in [0.25, 0.3) is 0 Å². The molecule has 0 amide bonds. The number of Topliss-reactive ketones (excluding diaryl/α,β-unsaturated/α-hetero) is 1. The Morgan fingerprint density at radius 1 is 1.32 bits per heavy atom. The van der Waals surface area contributed by atoms with Crippen molar-refractivity contribution >= 4 is 17.1 Å². The predicted molar refractivity (Wildman–Crippen MR) is 70.7 cm³/mol. The highest BCUT2D eigenvalue weighted by atomic mass is 32.1. The van der Waals surface area contributed by atoms with Crippen LogP contribution in [-0.2, 0) is 0 Å². The number of benzene rings is 1. The second-order valence-electron chi connectivity index (χ2n) is 3.91. The van der Waals surface area contributed by atoms with E-state index in [1.165, 1.54) is 18.3 Å². The summed E-state index contributed by atoms with van der Waals surface area (Å²) < 4.78 is 10.5. The molecule has 0 atom stereocenters. The van der Waals surface area contributed by atoms with Gasteiger partial charge in [-0.3, -0.25) is 4.79 Å². The summed E-state index contributed by atoms with van der Waals surface area (Å²) in [5.74, 6) is 7.32. The molecule has 2 aromatic rings. The third kappa shape index (κ3) is 2.44. The van der Waals surface area contributed by atoms with Crippen LogP contribution in [0.3, 0.4) is 0 Å². The minimum absolute atomic E-state index is 0.0406. The summed E-state index contributed by atoms with van der Waals surface area (Å²) in [6, 6.07) is 5.51. The van der Waals surface area contributed by atoms with Gasteiger partial charge in [0.05, 0.1) is 0 Å². The van der Waals surface area contributed by atoms with Crippen LogP contribution in [-0.4, -0.2) is 17.6 Å². The Morgan fingerprint density at radius 2 is 2.16 bits per heavy atom. The normalized spacial score (nSPS) is 11.8. The molecule has 1 aliphatic heterocycles. The summed E-state index contributed by atoms with van der Waals surface area (Å²) in [7, 11) is 0. The monoisotopic (exact) mass is 271 g/mol. The SMILES string of the molecule is CC(=O)c1nc(C#Cc2ccc3c(c2)OCO3)cs1. The van der Waals surface area contributed by atoms with E-state index in [-0.39, 0.29) is 12.6 Å². The Labute approximate surface area is 114 Å².